The average molecular weight is 302 g/mol. The number of ether oxygens (including phenoxy) is 1. The van der Waals surface area contributed by atoms with Crippen LogP contribution in [0.3, 0.4) is 0 Å². The summed E-state index contributed by atoms with van der Waals surface area (Å²) >= 11 is 0. The molecular weight excluding hydrogens is 290 g/mol. The van der Waals surface area contributed by atoms with E-state index < -0.39 is 25.1 Å². The van der Waals surface area contributed by atoms with Crippen LogP contribution >= 0.6 is 0 Å². The summed E-state index contributed by atoms with van der Waals surface area (Å²) < 4.78 is 76.6. The third-order valence-electron chi connectivity index (χ3n) is 2.21. The van der Waals surface area contributed by atoms with Crippen molar-refractivity contribution in [3.8, 4) is 0 Å². The van der Waals surface area contributed by atoms with Gasteiger partial charge in [0.1, 0.15) is 0 Å². The van der Waals surface area contributed by atoms with Crippen molar-refractivity contribution < 1.29 is 31.1 Å². The first-order valence-electron chi connectivity index (χ1n) is 5.56. The van der Waals surface area contributed by atoms with Gasteiger partial charge in [-0.15, -0.1) is 0 Å². The van der Waals surface area contributed by atoms with E-state index in [-0.39, 0.29) is 13.1 Å². The number of hydrogen-bond donors (Lipinski definition) is 1. The number of rotatable bonds is 6. The van der Waals surface area contributed by atoms with Crippen molar-refractivity contribution in [1.82, 2.24) is 10.3 Å². The number of halogens is 6. The predicted molar refractivity (Wildman–Crippen MR) is 57.8 cm³/mol. The maximum atomic E-state index is 12.1. The quantitative estimate of drug-likeness (QED) is 0.648. The molecule has 3 nitrogen and oxygen atoms in total. The number of hydrogen-bond acceptors (Lipinski definition) is 3. The summed E-state index contributed by atoms with van der Waals surface area (Å²) in [5.74, 6) is 0. The lowest BCUT2D eigenvalue weighted by Gasteiger charge is -2.23. The van der Waals surface area contributed by atoms with E-state index in [2.05, 4.69) is 15.0 Å². The Morgan fingerprint density at radius 1 is 1.15 bits per heavy atom. The lowest BCUT2D eigenvalue weighted by Crippen LogP contribution is -2.45. The van der Waals surface area contributed by atoms with Crippen LogP contribution < -0.4 is 5.32 Å². The van der Waals surface area contributed by atoms with Gasteiger partial charge in [0.2, 0.25) is 6.10 Å². The van der Waals surface area contributed by atoms with Crippen molar-refractivity contribution in [1.29, 1.82) is 0 Å². The van der Waals surface area contributed by atoms with Crippen LogP contribution in [-0.2, 0) is 11.3 Å². The van der Waals surface area contributed by atoms with Crippen LogP contribution in [-0.4, -0.2) is 36.6 Å². The molecule has 1 heterocycles. The summed E-state index contributed by atoms with van der Waals surface area (Å²) in [6.07, 6.45) is -11.6. The highest BCUT2D eigenvalue weighted by Gasteiger charge is 2.57. The highest BCUT2D eigenvalue weighted by Crippen LogP contribution is 2.35. The van der Waals surface area contributed by atoms with Crippen molar-refractivity contribution in [2.24, 2.45) is 0 Å². The first kappa shape index (κ1) is 16.7. The van der Waals surface area contributed by atoms with Crippen molar-refractivity contribution in [2.45, 2.75) is 25.0 Å². The third kappa shape index (κ3) is 5.74. The first-order valence-corrected chi connectivity index (χ1v) is 5.56. The Morgan fingerprint density at radius 2 is 1.80 bits per heavy atom. The van der Waals surface area contributed by atoms with Gasteiger partial charge in [-0.25, -0.2) is 0 Å². The van der Waals surface area contributed by atoms with E-state index in [1.807, 2.05) is 0 Å². The molecule has 0 radical (unpaired) electrons. The van der Waals surface area contributed by atoms with Crippen LogP contribution in [0.5, 0.6) is 0 Å². The minimum absolute atomic E-state index is 0.141. The molecule has 20 heavy (non-hydrogen) atoms. The molecule has 0 aliphatic carbocycles. The van der Waals surface area contributed by atoms with Crippen LogP contribution in [0.25, 0.3) is 0 Å². The van der Waals surface area contributed by atoms with Crippen LogP contribution in [0.4, 0.5) is 26.3 Å². The Kier molecular flexibility index (Phi) is 5.75. The smallest absolute Gasteiger partial charge is 0.360 e. The first-order chi connectivity index (χ1) is 9.21. The molecule has 0 amide bonds. The van der Waals surface area contributed by atoms with E-state index in [1.165, 1.54) is 6.20 Å². The third-order valence-corrected chi connectivity index (χ3v) is 2.21. The molecule has 1 aromatic heterocycles. The molecule has 114 valence electrons. The molecule has 9 heteroatoms. The van der Waals surface area contributed by atoms with Gasteiger partial charge in [0.25, 0.3) is 0 Å². The zero-order valence-electron chi connectivity index (χ0n) is 10.1. The molecule has 1 N–H and O–H groups in total. The molecule has 1 aromatic rings. The van der Waals surface area contributed by atoms with Crippen molar-refractivity contribution in [2.75, 3.05) is 13.2 Å². The summed E-state index contributed by atoms with van der Waals surface area (Å²) in [5, 5.41) is 2.66. The van der Waals surface area contributed by atoms with E-state index in [4.69, 9.17) is 0 Å². The van der Waals surface area contributed by atoms with Crippen molar-refractivity contribution >= 4 is 0 Å². The van der Waals surface area contributed by atoms with Gasteiger partial charge in [0.05, 0.1) is 6.61 Å². The van der Waals surface area contributed by atoms with E-state index in [0.717, 1.165) is 5.56 Å². The minimum Gasteiger partial charge on any atom is -0.360 e. The number of alkyl halides is 6. The van der Waals surface area contributed by atoms with Crippen LogP contribution in [0.1, 0.15) is 5.56 Å². The van der Waals surface area contributed by atoms with Crippen LogP contribution in [0.15, 0.2) is 24.5 Å². The molecule has 0 saturated heterocycles. The maximum Gasteiger partial charge on any atom is 0.423 e. The second-order valence-corrected chi connectivity index (χ2v) is 3.87. The van der Waals surface area contributed by atoms with Gasteiger partial charge < -0.3 is 10.1 Å². The molecule has 0 unspecified atom stereocenters. The van der Waals surface area contributed by atoms with Crippen LogP contribution in [0.2, 0.25) is 0 Å². The van der Waals surface area contributed by atoms with Crippen molar-refractivity contribution in [3.63, 3.8) is 0 Å². The summed E-state index contributed by atoms with van der Waals surface area (Å²) in [7, 11) is 0. The van der Waals surface area contributed by atoms with Crippen LogP contribution in [0, 0.1) is 0 Å². The molecule has 0 spiro atoms. The zero-order valence-corrected chi connectivity index (χ0v) is 10.1. The van der Waals surface area contributed by atoms with E-state index in [0.29, 0.717) is 0 Å². The zero-order chi connectivity index (χ0) is 15.2. The Hall–Kier alpha value is -1.35. The number of aromatic nitrogens is 1. The fraction of sp³-hybridized carbons (Fsp3) is 0.545. The average Bonchev–Trinajstić information content (AvgIpc) is 2.31. The molecule has 0 aliphatic heterocycles. The lowest BCUT2D eigenvalue weighted by atomic mass is 10.3. The van der Waals surface area contributed by atoms with Gasteiger partial charge in [0, 0.05) is 25.5 Å². The Balaban J connectivity index is 2.32. The molecule has 0 fully saturated rings. The predicted octanol–water partition coefficient (Wildman–Crippen LogP) is 2.68. The normalized spacial score (nSPS) is 12.9. The van der Waals surface area contributed by atoms with Gasteiger partial charge >= 0.3 is 12.4 Å². The fourth-order valence-corrected chi connectivity index (χ4v) is 1.36. The van der Waals surface area contributed by atoms with Crippen molar-refractivity contribution in [3.05, 3.63) is 30.1 Å². The number of nitrogens with zero attached hydrogens (tertiary/aromatic N) is 1. The van der Waals surface area contributed by atoms with E-state index in [9.17, 15) is 26.3 Å². The molecule has 0 aromatic carbocycles. The maximum absolute atomic E-state index is 12.1. The molecule has 1 rings (SSSR count). The van der Waals surface area contributed by atoms with E-state index >= 15 is 0 Å². The second kappa shape index (κ2) is 6.89. The highest BCUT2D eigenvalue weighted by atomic mass is 19.4. The van der Waals surface area contributed by atoms with Gasteiger partial charge in [-0.1, -0.05) is 6.07 Å². The highest BCUT2D eigenvalue weighted by molar-refractivity contribution is 5.07. The number of nitrogens with one attached hydrogen (secondary N) is 1. The summed E-state index contributed by atoms with van der Waals surface area (Å²) in [5.41, 5.74) is 0.760. The van der Waals surface area contributed by atoms with E-state index in [1.54, 1.807) is 18.3 Å². The minimum atomic E-state index is -5.47. The van der Waals surface area contributed by atoms with Gasteiger partial charge in [0.15, 0.2) is 0 Å². The molecule has 0 atom stereocenters. The fourth-order valence-electron chi connectivity index (χ4n) is 1.36. The second-order valence-electron chi connectivity index (χ2n) is 3.87. The summed E-state index contributed by atoms with van der Waals surface area (Å²) in [6, 6.07) is 3.38. The molecule has 0 saturated carbocycles. The topological polar surface area (TPSA) is 34.1 Å². The largest absolute Gasteiger partial charge is 0.423 e. The summed E-state index contributed by atoms with van der Waals surface area (Å²) in [6.45, 7) is -0.568. The molecule has 0 bridgehead atoms. The SMILES string of the molecule is FC(F)(F)C(OCCNCc1cccnc1)C(F)(F)F. The monoisotopic (exact) mass is 302 g/mol. The lowest BCUT2D eigenvalue weighted by molar-refractivity contribution is -0.321. The van der Waals surface area contributed by atoms with Gasteiger partial charge in [-0.2, -0.15) is 26.3 Å². The van der Waals surface area contributed by atoms with Gasteiger partial charge in [-0.3, -0.25) is 4.98 Å². The standard InChI is InChI=1S/C11H12F6N2O/c12-10(13,14)9(11(15,16)17)20-5-4-19-7-8-2-1-3-18-6-8/h1-3,6,9,19H,4-5,7H2. The Labute approximate surface area is 110 Å². The molecular formula is C11H12F6N2O. The Bertz CT molecular complexity index is 378. The Morgan fingerprint density at radius 3 is 2.30 bits per heavy atom. The summed E-state index contributed by atoms with van der Waals surface area (Å²) in [4.78, 5) is 3.81. The number of pyridine rings is 1. The van der Waals surface area contributed by atoms with Gasteiger partial charge in [-0.05, 0) is 11.6 Å². The molecule has 0 aliphatic rings.